The summed E-state index contributed by atoms with van der Waals surface area (Å²) in [7, 11) is -3.55. The van der Waals surface area contributed by atoms with Crippen LogP contribution in [0.4, 0.5) is 13.2 Å². The number of rotatable bonds is 9. The molecule has 0 spiro atoms. The Labute approximate surface area is 237 Å². The van der Waals surface area contributed by atoms with Gasteiger partial charge in [0.1, 0.15) is 0 Å². The van der Waals surface area contributed by atoms with Crippen LogP contribution in [0.25, 0.3) is 11.3 Å². The average molecular weight is 600 g/mol. The second-order valence-corrected chi connectivity index (χ2v) is 13.0. The van der Waals surface area contributed by atoms with Gasteiger partial charge in [-0.1, -0.05) is 11.6 Å². The number of nitrogens with one attached hydrogen (secondary N) is 1. The first-order valence-corrected chi connectivity index (χ1v) is 15.2. The summed E-state index contributed by atoms with van der Waals surface area (Å²) in [5.41, 5.74) is 1.58. The fourth-order valence-corrected chi connectivity index (χ4v) is 6.11. The van der Waals surface area contributed by atoms with Crippen LogP contribution in [0.5, 0.6) is 0 Å². The van der Waals surface area contributed by atoms with Crippen LogP contribution < -0.4 is 5.32 Å². The van der Waals surface area contributed by atoms with Crippen LogP contribution >= 0.6 is 0 Å². The molecule has 10 nitrogen and oxygen atoms in total. The number of carbonyl (C=O) groups excluding carboxylic acids is 1. The standard InChI is InChI=1S/C27H36F3N5O5S/c1-17(2)10-25(38)31-12-19-11-18(4-5-23(19)27(28,29)30)26-22-16-34(41(3,39)40)9-7-24(22)35(32-26)15-21(37)14-33-8-6-20(36)13-33/h4-5,10-11,20-21,36-37H,6-9,12-16H2,1-3H3,(H,31,38). The number of amides is 1. The highest BCUT2D eigenvalue weighted by atomic mass is 32.2. The first kappa shape index (κ1) is 31.2. The van der Waals surface area contributed by atoms with E-state index < -0.39 is 39.9 Å². The number of benzene rings is 1. The molecule has 2 aromatic rings. The maximum Gasteiger partial charge on any atom is 0.416 e. The Morgan fingerprint density at radius 2 is 1.98 bits per heavy atom. The van der Waals surface area contributed by atoms with Crippen LogP contribution in [0.15, 0.2) is 29.8 Å². The largest absolute Gasteiger partial charge is 0.416 e. The highest BCUT2D eigenvalue weighted by Gasteiger charge is 2.35. The normalized spacial score (nSPS) is 19.2. The molecule has 1 aromatic carbocycles. The highest BCUT2D eigenvalue weighted by molar-refractivity contribution is 7.88. The van der Waals surface area contributed by atoms with Crippen molar-refractivity contribution in [3.05, 3.63) is 52.2 Å². The summed E-state index contributed by atoms with van der Waals surface area (Å²) in [4.78, 5) is 14.1. The van der Waals surface area contributed by atoms with E-state index in [-0.39, 0.29) is 31.7 Å². The van der Waals surface area contributed by atoms with Gasteiger partial charge in [0.15, 0.2) is 0 Å². The molecular formula is C27H36F3N5O5S. The highest BCUT2D eigenvalue weighted by Crippen LogP contribution is 2.37. The number of aromatic nitrogens is 2. The maximum atomic E-state index is 13.8. The summed E-state index contributed by atoms with van der Waals surface area (Å²) in [5.74, 6) is -0.520. The molecule has 41 heavy (non-hydrogen) atoms. The lowest BCUT2D eigenvalue weighted by Gasteiger charge is -2.26. The Morgan fingerprint density at radius 1 is 1.24 bits per heavy atom. The van der Waals surface area contributed by atoms with Gasteiger partial charge in [-0.3, -0.25) is 14.4 Å². The molecule has 0 aliphatic carbocycles. The van der Waals surface area contributed by atoms with Crippen molar-refractivity contribution in [2.24, 2.45) is 0 Å². The fraction of sp³-hybridized carbons (Fsp3) is 0.556. The molecular weight excluding hydrogens is 563 g/mol. The molecule has 226 valence electrons. The Bertz CT molecular complexity index is 1420. The first-order valence-electron chi connectivity index (χ1n) is 13.4. The minimum absolute atomic E-state index is 0.00836. The van der Waals surface area contributed by atoms with Gasteiger partial charge in [0, 0.05) is 68.6 Å². The summed E-state index contributed by atoms with van der Waals surface area (Å²) in [6.45, 7) is 4.75. The fourth-order valence-electron chi connectivity index (χ4n) is 5.32. The lowest BCUT2D eigenvalue weighted by molar-refractivity contribution is -0.138. The zero-order chi connectivity index (χ0) is 30.1. The molecule has 14 heteroatoms. The molecule has 1 fully saturated rings. The minimum atomic E-state index is -4.66. The van der Waals surface area contributed by atoms with Gasteiger partial charge in [-0.25, -0.2) is 8.42 Å². The quantitative estimate of drug-likeness (QED) is 0.376. The molecule has 3 N–H and O–H groups in total. The molecule has 2 aliphatic heterocycles. The van der Waals surface area contributed by atoms with Crippen LogP contribution in [-0.4, -0.2) is 88.2 Å². The summed E-state index contributed by atoms with van der Waals surface area (Å²) >= 11 is 0. The number of carbonyl (C=O) groups is 1. The average Bonchev–Trinajstić information content (AvgIpc) is 3.43. The van der Waals surface area contributed by atoms with Gasteiger partial charge in [-0.2, -0.15) is 22.6 Å². The predicted octanol–water partition coefficient (Wildman–Crippen LogP) is 1.90. The van der Waals surface area contributed by atoms with E-state index in [0.717, 1.165) is 12.3 Å². The van der Waals surface area contributed by atoms with E-state index in [0.29, 0.717) is 60.6 Å². The van der Waals surface area contributed by atoms with Crippen LogP contribution in [0.1, 0.15) is 42.7 Å². The number of halogens is 3. The number of likely N-dealkylation sites (tertiary alicyclic amines) is 1. The SMILES string of the molecule is CC(C)=CC(=O)NCc1cc(-c2nn(CC(O)CN3CCC(O)C3)c3c2CN(S(C)(=O)=O)CC3)ccc1C(F)(F)F. The molecule has 2 atom stereocenters. The number of alkyl halides is 3. The van der Waals surface area contributed by atoms with Crippen molar-refractivity contribution in [2.45, 2.75) is 64.7 Å². The lowest BCUT2D eigenvalue weighted by atomic mass is 9.97. The third-order valence-electron chi connectivity index (χ3n) is 7.23. The van der Waals surface area contributed by atoms with Crippen molar-refractivity contribution < 1.29 is 36.6 Å². The van der Waals surface area contributed by atoms with E-state index >= 15 is 0 Å². The van der Waals surface area contributed by atoms with Gasteiger partial charge in [-0.05, 0) is 38.0 Å². The summed E-state index contributed by atoms with van der Waals surface area (Å²) in [5, 5.41) is 27.8. The monoisotopic (exact) mass is 599 g/mol. The van der Waals surface area contributed by atoms with E-state index in [1.54, 1.807) is 18.5 Å². The molecule has 0 saturated carbocycles. The topological polar surface area (TPSA) is 128 Å². The van der Waals surface area contributed by atoms with Crippen LogP contribution in [0.2, 0.25) is 0 Å². The molecule has 4 rings (SSSR count). The number of allylic oxidation sites excluding steroid dienone is 1. The van der Waals surface area contributed by atoms with E-state index in [1.165, 1.54) is 22.5 Å². The van der Waals surface area contributed by atoms with Crippen molar-refractivity contribution >= 4 is 15.9 Å². The number of hydrogen-bond acceptors (Lipinski definition) is 7. The number of β-amino-alcohol motifs (C(OH)–C–C–N with tert-alkyl or cyclic N) is 2. The van der Waals surface area contributed by atoms with Crippen molar-refractivity contribution in [1.29, 1.82) is 0 Å². The second-order valence-electron chi connectivity index (χ2n) is 11.0. The van der Waals surface area contributed by atoms with Gasteiger partial charge >= 0.3 is 6.18 Å². The zero-order valence-corrected chi connectivity index (χ0v) is 24.1. The molecule has 0 bridgehead atoms. The summed E-state index contributed by atoms with van der Waals surface area (Å²) in [6.07, 6.45) is -2.59. The van der Waals surface area contributed by atoms with Gasteiger partial charge in [0.2, 0.25) is 15.9 Å². The number of aliphatic hydroxyl groups is 2. The van der Waals surface area contributed by atoms with Crippen molar-refractivity contribution in [1.82, 2.24) is 24.3 Å². The molecule has 2 aliphatic rings. The number of nitrogens with zero attached hydrogens (tertiary/aromatic N) is 4. The van der Waals surface area contributed by atoms with Crippen molar-refractivity contribution in [2.75, 3.05) is 32.4 Å². The van der Waals surface area contributed by atoms with Crippen LogP contribution in [0, 0.1) is 0 Å². The zero-order valence-electron chi connectivity index (χ0n) is 23.3. The van der Waals surface area contributed by atoms with Crippen LogP contribution in [0.3, 0.4) is 0 Å². The van der Waals surface area contributed by atoms with E-state index in [2.05, 4.69) is 10.4 Å². The minimum Gasteiger partial charge on any atom is -0.392 e. The van der Waals surface area contributed by atoms with Gasteiger partial charge in [-0.15, -0.1) is 0 Å². The Hall–Kier alpha value is -2.78. The van der Waals surface area contributed by atoms with Gasteiger partial charge in [0.25, 0.3) is 0 Å². The lowest BCUT2D eigenvalue weighted by Crippen LogP contribution is -2.37. The Morgan fingerprint density at radius 3 is 2.59 bits per heavy atom. The molecule has 2 unspecified atom stereocenters. The summed E-state index contributed by atoms with van der Waals surface area (Å²) < 4.78 is 69.1. The molecule has 3 heterocycles. The van der Waals surface area contributed by atoms with E-state index in [1.807, 2.05) is 4.90 Å². The Balaban J connectivity index is 1.70. The number of fused-ring (bicyclic) bond motifs is 1. The Kier molecular flexibility index (Phi) is 9.29. The van der Waals surface area contributed by atoms with Crippen molar-refractivity contribution in [3.8, 4) is 11.3 Å². The third-order valence-corrected chi connectivity index (χ3v) is 8.47. The molecule has 1 saturated heterocycles. The smallest absolute Gasteiger partial charge is 0.392 e. The maximum absolute atomic E-state index is 13.8. The van der Waals surface area contributed by atoms with Gasteiger partial charge < -0.3 is 15.5 Å². The van der Waals surface area contributed by atoms with E-state index in [9.17, 15) is 36.6 Å². The molecule has 0 radical (unpaired) electrons. The summed E-state index contributed by atoms with van der Waals surface area (Å²) in [6, 6.07) is 3.55. The number of aliphatic hydroxyl groups excluding tert-OH is 2. The predicted molar refractivity (Wildman–Crippen MR) is 146 cm³/mol. The number of hydrogen-bond donors (Lipinski definition) is 3. The molecule has 1 amide bonds. The number of sulfonamides is 1. The van der Waals surface area contributed by atoms with E-state index in [4.69, 9.17) is 0 Å². The van der Waals surface area contributed by atoms with Gasteiger partial charge in [0.05, 0.1) is 36.3 Å². The molecule has 1 aromatic heterocycles. The first-order chi connectivity index (χ1) is 19.1. The van der Waals surface area contributed by atoms with Crippen molar-refractivity contribution in [3.63, 3.8) is 0 Å². The third kappa shape index (κ3) is 7.74. The second kappa shape index (κ2) is 12.2. The van der Waals surface area contributed by atoms with Crippen LogP contribution in [-0.2, 0) is 47.0 Å².